The van der Waals surface area contributed by atoms with Crippen molar-refractivity contribution in [2.24, 2.45) is 0 Å². The van der Waals surface area contributed by atoms with Crippen LogP contribution in [0.2, 0.25) is 0 Å². The summed E-state index contributed by atoms with van der Waals surface area (Å²) in [5, 5.41) is 9.72. The monoisotopic (exact) mass is 232 g/mol. The third kappa shape index (κ3) is 2.49. The van der Waals surface area contributed by atoms with Gasteiger partial charge in [0, 0.05) is 4.90 Å². The number of methoxy groups -OCH3 is 1. The van der Waals surface area contributed by atoms with E-state index in [0.717, 1.165) is 15.5 Å². The molecule has 0 aliphatic rings. The van der Waals surface area contributed by atoms with Gasteiger partial charge in [-0.1, -0.05) is 30.0 Å². The van der Waals surface area contributed by atoms with Gasteiger partial charge in [0.2, 0.25) is 0 Å². The second kappa shape index (κ2) is 4.94. The molecule has 2 aromatic rings. The lowest BCUT2D eigenvalue weighted by Gasteiger charge is -2.06. The molecule has 0 aliphatic heterocycles. The maximum atomic E-state index is 9.72. The van der Waals surface area contributed by atoms with E-state index in [1.54, 1.807) is 19.2 Å². The summed E-state index contributed by atoms with van der Waals surface area (Å²) in [7, 11) is 1.61. The molecule has 3 heteroatoms. The highest BCUT2D eigenvalue weighted by molar-refractivity contribution is 7.99. The fourth-order valence-corrected chi connectivity index (χ4v) is 2.21. The normalized spacial score (nSPS) is 10.1. The van der Waals surface area contributed by atoms with Crippen molar-refractivity contribution in [3.05, 3.63) is 48.5 Å². The topological polar surface area (TPSA) is 29.5 Å². The maximum absolute atomic E-state index is 9.72. The zero-order valence-corrected chi connectivity index (χ0v) is 9.70. The van der Waals surface area contributed by atoms with E-state index in [9.17, 15) is 5.11 Å². The van der Waals surface area contributed by atoms with Crippen molar-refractivity contribution in [1.82, 2.24) is 0 Å². The number of phenols is 1. The lowest BCUT2D eigenvalue weighted by atomic mass is 10.3. The predicted molar refractivity (Wildman–Crippen MR) is 65.2 cm³/mol. The van der Waals surface area contributed by atoms with Crippen molar-refractivity contribution < 1.29 is 9.84 Å². The van der Waals surface area contributed by atoms with Gasteiger partial charge in [-0.05, 0) is 30.3 Å². The van der Waals surface area contributed by atoms with Crippen LogP contribution in [0.5, 0.6) is 11.5 Å². The van der Waals surface area contributed by atoms with Crippen LogP contribution in [0.3, 0.4) is 0 Å². The van der Waals surface area contributed by atoms with Gasteiger partial charge in [0.1, 0.15) is 11.5 Å². The van der Waals surface area contributed by atoms with Gasteiger partial charge in [-0.2, -0.15) is 0 Å². The first kappa shape index (κ1) is 10.9. The third-order valence-corrected chi connectivity index (χ3v) is 3.19. The molecule has 0 radical (unpaired) electrons. The molecule has 0 fully saturated rings. The Morgan fingerprint density at radius 1 is 1.06 bits per heavy atom. The number of ether oxygens (including phenoxy) is 1. The molecular formula is C13H12O2S. The van der Waals surface area contributed by atoms with Crippen LogP contribution < -0.4 is 4.74 Å². The predicted octanol–water partition coefficient (Wildman–Crippen LogP) is 3.55. The van der Waals surface area contributed by atoms with E-state index in [-0.39, 0.29) is 5.75 Å². The molecule has 82 valence electrons. The summed E-state index contributed by atoms with van der Waals surface area (Å²) < 4.78 is 5.12. The van der Waals surface area contributed by atoms with Gasteiger partial charge in [-0.25, -0.2) is 0 Å². The fraction of sp³-hybridized carbons (Fsp3) is 0.0769. The maximum Gasteiger partial charge on any atom is 0.129 e. The van der Waals surface area contributed by atoms with E-state index in [4.69, 9.17) is 4.74 Å². The van der Waals surface area contributed by atoms with Gasteiger partial charge >= 0.3 is 0 Å². The minimum Gasteiger partial charge on any atom is -0.507 e. The van der Waals surface area contributed by atoms with Gasteiger partial charge in [0.15, 0.2) is 0 Å². The Morgan fingerprint density at radius 3 is 2.50 bits per heavy atom. The lowest BCUT2D eigenvalue weighted by molar-refractivity contribution is 0.409. The Bertz CT molecular complexity index is 469. The minimum atomic E-state index is 0.273. The Hall–Kier alpha value is -1.61. The standard InChI is InChI=1S/C13H12O2S/c1-15-10-7-8-12(14)13(9-10)16-11-5-3-2-4-6-11/h2-9,14H,1H3. The summed E-state index contributed by atoms with van der Waals surface area (Å²) in [5.74, 6) is 1.02. The fourth-order valence-electron chi connectivity index (χ4n) is 1.32. The summed E-state index contributed by atoms with van der Waals surface area (Å²) in [4.78, 5) is 1.89. The SMILES string of the molecule is COc1ccc(O)c(Sc2ccccc2)c1. The highest BCUT2D eigenvalue weighted by Crippen LogP contribution is 2.36. The van der Waals surface area contributed by atoms with Gasteiger partial charge in [-0.3, -0.25) is 0 Å². The molecule has 0 bridgehead atoms. The van der Waals surface area contributed by atoms with Crippen LogP contribution in [0, 0.1) is 0 Å². The van der Waals surface area contributed by atoms with Crippen molar-refractivity contribution in [2.45, 2.75) is 9.79 Å². The molecule has 1 N–H and O–H groups in total. The van der Waals surface area contributed by atoms with Gasteiger partial charge in [0.25, 0.3) is 0 Å². The van der Waals surface area contributed by atoms with Crippen molar-refractivity contribution in [3.8, 4) is 11.5 Å². The largest absolute Gasteiger partial charge is 0.507 e. The second-order valence-electron chi connectivity index (χ2n) is 3.25. The van der Waals surface area contributed by atoms with Crippen LogP contribution >= 0.6 is 11.8 Å². The molecule has 0 saturated carbocycles. The van der Waals surface area contributed by atoms with Crippen LogP contribution in [-0.2, 0) is 0 Å². The molecule has 16 heavy (non-hydrogen) atoms. The Morgan fingerprint density at radius 2 is 1.81 bits per heavy atom. The number of rotatable bonds is 3. The molecule has 2 nitrogen and oxygen atoms in total. The van der Waals surface area contributed by atoms with E-state index in [1.165, 1.54) is 11.8 Å². The van der Waals surface area contributed by atoms with Gasteiger partial charge < -0.3 is 9.84 Å². The molecule has 2 rings (SSSR count). The van der Waals surface area contributed by atoms with Crippen molar-refractivity contribution >= 4 is 11.8 Å². The van der Waals surface area contributed by atoms with E-state index in [0.29, 0.717) is 0 Å². The quantitative estimate of drug-likeness (QED) is 0.877. The molecule has 0 heterocycles. The molecular weight excluding hydrogens is 220 g/mol. The number of aromatic hydroxyl groups is 1. The highest BCUT2D eigenvalue weighted by atomic mass is 32.2. The number of hydrogen-bond donors (Lipinski definition) is 1. The Labute approximate surface area is 98.9 Å². The Kier molecular flexibility index (Phi) is 3.37. The average Bonchev–Trinajstić information content (AvgIpc) is 2.33. The highest BCUT2D eigenvalue weighted by Gasteiger charge is 2.04. The summed E-state index contributed by atoms with van der Waals surface area (Å²) >= 11 is 1.51. The Balaban J connectivity index is 2.27. The number of hydrogen-bond acceptors (Lipinski definition) is 3. The van der Waals surface area contributed by atoms with E-state index in [2.05, 4.69) is 0 Å². The molecule has 0 atom stereocenters. The van der Waals surface area contributed by atoms with Crippen LogP contribution in [-0.4, -0.2) is 12.2 Å². The molecule has 0 spiro atoms. The zero-order chi connectivity index (χ0) is 11.4. The van der Waals surface area contributed by atoms with Crippen molar-refractivity contribution in [2.75, 3.05) is 7.11 Å². The molecule has 0 amide bonds. The number of benzene rings is 2. The summed E-state index contributed by atoms with van der Waals surface area (Å²) in [6, 6.07) is 15.1. The average molecular weight is 232 g/mol. The molecule has 0 aliphatic carbocycles. The van der Waals surface area contributed by atoms with Crippen LogP contribution in [0.1, 0.15) is 0 Å². The van der Waals surface area contributed by atoms with Crippen LogP contribution in [0.15, 0.2) is 58.3 Å². The first-order valence-corrected chi connectivity index (χ1v) is 5.71. The smallest absolute Gasteiger partial charge is 0.129 e. The van der Waals surface area contributed by atoms with Gasteiger partial charge in [-0.15, -0.1) is 0 Å². The van der Waals surface area contributed by atoms with E-state index in [1.807, 2.05) is 36.4 Å². The van der Waals surface area contributed by atoms with Crippen LogP contribution in [0.25, 0.3) is 0 Å². The van der Waals surface area contributed by atoms with Gasteiger partial charge in [0.05, 0.1) is 12.0 Å². The minimum absolute atomic E-state index is 0.273. The number of phenolic OH excluding ortho intramolecular Hbond substituents is 1. The second-order valence-corrected chi connectivity index (χ2v) is 4.36. The van der Waals surface area contributed by atoms with E-state index < -0.39 is 0 Å². The lowest BCUT2D eigenvalue weighted by Crippen LogP contribution is -1.83. The molecule has 0 unspecified atom stereocenters. The zero-order valence-electron chi connectivity index (χ0n) is 8.88. The first-order valence-electron chi connectivity index (χ1n) is 4.89. The van der Waals surface area contributed by atoms with E-state index >= 15 is 0 Å². The molecule has 0 saturated heterocycles. The summed E-state index contributed by atoms with van der Waals surface area (Å²) in [5.41, 5.74) is 0. The first-order chi connectivity index (χ1) is 7.79. The summed E-state index contributed by atoms with van der Waals surface area (Å²) in [6.07, 6.45) is 0. The van der Waals surface area contributed by atoms with Crippen LogP contribution in [0.4, 0.5) is 0 Å². The molecule has 2 aromatic carbocycles. The van der Waals surface area contributed by atoms with Crippen molar-refractivity contribution in [3.63, 3.8) is 0 Å². The molecule has 0 aromatic heterocycles. The summed E-state index contributed by atoms with van der Waals surface area (Å²) in [6.45, 7) is 0. The third-order valence-electron chi connectivity index (χ3n) is 2.14. The van der Waals surface area contributed by atoms with Crippen molar-refractivity contribution in [1.29, 1.82) is 0 Å².